The van der Waals surface area contributed by atoms with Gasteiger partial charge >= 0.3 is 0 Å². The zero-order valence-corrected chi connectivity index (χ0v) is 13.0. The summed E-state index contributed by atoms with van der Waals surface area (Å²) in [5.41, 5.74) is 0. The number of ketones is 1. The topological polar surface area (TPSA) is 61.2 Å². The van der Waals surface area contributed by atoms with Crippen LogP contribution in [0.15, 0.2) is 0 Å². The Balaban J connectivity index is 2.21. The first-order chi connectivity index (χ1) is 9.56. The summed E-state index contributed by atoms with van der Waals surface area (Å²) in [6.45, 7) is 4.37. The van der Waals surface area contributed by atoms with Gasteiger partial charge in [-0.3, -0.25) is 9.59 Å². The largest absolute Gasteiger partial charge is 0.332 e. The van der Waals surface area contributed by atoms with Crippen LogP contribution in [0.2, 0.25) is 0 Å². The number of nitrogens with zero attached hydrogens (tertiary/aromatic N) is 2. The molecule has 110 valence electrons. The second kappa shape index (κ2) is 6.53. The Bertz CT molecular complexity index is 483. The van der Waals surface area contributed by atoms with Crippen LogP contribution in [-0.4, -0.2) is 45.5 Å². The Labute approximate surface area is 123 Å². The van der Waals surface area contributed by atoms with Gasteiger partial charge in [0.2, 0.25) is 11.7 Å². The number of hydrogen-bond acceptors (Lipinski definition) is 3. The Morgan fingerprint density at radius 2 is 1.90 bits per heavy atom. The summed E-state index contributed by atoms with van der Waals surface area (Å²) in [7, 11) is -0.162. The van der Waals surface area contributed by atoms with Crippen molar-refractivity contribution in [3.8, 4) is 6.07 Å². The minimum atomic E-state index is -0.382. The van der Waals surface area contributed by atoms with Gasteiger partial charge in [0.15, 0.2) is 0 Å². The van der Waals surface area contributed by atoms with Crippen LogP contribution in [0, 0.1) is 17.2 Å². The third-order valence-corrected chi connectivity index (χ3v) is 6.41. The smallest absolute Gasteiger partial charge is 0.225 e. The minimum absolute atomic E-state index is 0.0351. The molecule has 2 aliphatic rings. The van der Waals surface area contributed by atoms with Crippen LogP contribution in [0.25, 0.3) is 0 Å². The number of Topliss-reactive ketones (excluding diaryl/α,β-unsaturated/α-hetero) is 1. The number of likely N-dealkylation sites (tertiary alicyclic amines) is 1. The Morgan fingerprint density at radius 3 is 2.45 bits per heavy atom. The predicted octanol–water partition coefficient (Wildman–Crippen LogP) is 1.96. The lowest BCUT2D eigenvalue weighted by Gasteiger charge is -2.25. The molecule has 0 bridgehead atoms. The van der Waals surface area contributed by atoms with Crippen LogP contribution in [0.3, 0.4) is 0 Å². The molecule has 1 atom stereocenters. The van der Waals surface area contributed by atoms with E-state index in [1.807, 2.05) is 13.8 Å². The lowest BCUT2D eigenvalue weighted by Crippen LogP contribution is -2.44. The molecule has 0 radical (unpaired) electrons. The summed E-state index contributed by atoms with van der Waals surface area (Å²) in [4.78, 5) is 27.0. The van der Waals surface area contributed by atoms with Crippen molar-refractivity contribution in [3.63, 3.8) is 0 Å². The van der Waals surface area contributed by atoms with Crippen molar-refractivity contribution in [3.05, 3.63) is 0 Å². The van der Waals surface area contributed by atoms with Crippen LogP contribution >= 0.6 is 10.5 Å². The van der Waals surface area contributed by atoms with Gasteiger partial charge in [-0.05, 0) is 37.2 Å². The van der Waals surface area contributed by atoms with E-state index in [2.05, 4.69) is 6.07 Å². The molecule has 0 spiro atoms. The fourth-order valence-corrected chi connectivity index (χ4v) is 5.17. The maximum atomic E-state index is 12.7. The zero-order valence-electron chi connectivity index (χ0n) is 12.2. The van der Waals surface area contributed by atoms with E-state index in [1.165, 1.54) is 0 Å². The van der Waals surface area contributed by atoms with Gasteiger partial charge < -0.3 is 4.90 Å². The molecule has 0 aliphatic carbocycles. The first-order valence-electron chi connectivity index (χ1n) is 7.35. The van der Waals surface area contributed by atoms with Crippen molar-refractivity contribution in [2.24, 2.45) is 5.92 Å². The molecular formula is C15H22N2O2S. The van der Waals surface area contributed by atoms with Crippen molar-refractivity contribution in [2.45, 2.75) is 45.6 Å². The van der Waals surface area contributed by atoms with Gasteiger partial charge in [-0.15, -0.1) is 0 Å². The van der Waals surface area contributed by atoms with E-state index in [4.69, 9.17) is 0 Å². The number of carbonyl (C=O) groups excluding carboxylic acids is 2. The minimum Gasteiger partial charge on any atom is -0.332 e. The molecular weight excluding hydrogens is 272 g/mol. The maximum Gasteiger partial charge on any atom is 0.225 e. The summed E-state index contributed by atoms with van der Waals surface area (Å²) in [5.74, 6) is 1.80. The lowest BCUT2D eigenvalue weighted by atomic mass is 10.1. The van der Waals surface area contributed by atoms with E-state index in [-0.39, 0.29) is 34.1 Å². The molecule has 0 aromatic carbocycles. The summed E-state index contributed by atoms with van der Waals surface area (Å²) < 4.78 is 0. The average Bonchev–Trinajstić information content (AvgIpc) is 3.09. The molecule has 1 amide bonds. The molecule has 2 saturated heterocycles. The van der Waals surface area contributed by atoms with Gasteiger partial charge in [-0.25, -0.2) is 0 Å². The van der Waals surface area contributed by atoms with Gasteiger partial charge in [-0.1, -0.05) is 13.8 Å². The summed E-state index contributed by atoms with van der Waals surface area (Å²) >= 11 is 0. The fraction of sp³-hybridized carbons (Fsp3) is 0.733. The average molecular weight is 294 g/mol. The predicted molar refractivity (Wildman–Crippen MR) is 81.8 cm³/mol. The normalized spacial score (nSPS) is 23.1. The summed E-state index contributed by atoms with van der Waals surface area (Å²) in [5, 5.41) is 9.35. The molecule has 0 N–H and O–H groups in total. The van der Waals surface area contributed by atoms with Crippen LogP contribution in [0.4, 0.5) is 0 Å². The highest BCUT2D eigenvalue weighted by Gasteiger charge is 2.37. The second-order valence-corrected chi connectivity index (χ2v) is 7.97. The number of amides is 1. The number of hydrogen-bond donors (Lipinski definition) is 0. The van der Waals surface area contributed by atoms with E-state index in [0.717, 1.165) is 30.8 Å². The first kappa shape index (κ1) is 15.2. The van der Waals surface area contributed by atoms with E-state index < -0.39 is 0 Å². The van der Waals surface area contributed by atoms with Gasteiger partial charge in [0.1, 0.15) is 10.9 Å². The Morgan fingerprint density at radius 1 is 1.25 bits per heavy atom. The maximum absolute atomic E-state index is 12.7. The lowest BCUT2D eigenvalue weighted by molar-refractivity contribution is -0.138. The standard InChI is InChI=1S/C15H22N2O2S/c1-11(2)15(19)17-7-5-6-12(17)14(18)13(10-16)20-8-3-4-9-20/h11-12H,3-9H2,1-2H3/t12-/m0/s1. The van der Waals surface area contributed by atoms with Gasteiger partial charge in [0.05, 0.1) is 6.04 Å². The molecule has 0 unspecified atom stereocenters. The Kier molecular flexibility index (Phi) is 4.98. The van der Waals surface area contributed by atoms with E-state index >= 15 is 0 Å². The molecule has 0 aromatic rings. The number of carbonyl (C=O) groups is 2. The SMILES string of the molecule is CC(C)C(=O)N1CCC[C@H]1C(=O)C(C#N)=S1CCCC1. The second-order valence-electron chi connectivity index (χ2n) is 5.76. The number of rotatable bonds is 3. The molecule has 20 heavy (non-hydrogen) atoms. The molecule has 2 heterocycles. The Hall–Kier alpha value is -1.15. The van der Waals surface area contributed by atoms with Crippen molar-refractivity contribution in [2.75, 3.05) is 18.1 Å². The van der Waals surface area contributed by atoms with E-state index in [0.29, 0.717) is 17.8 Å². The van der Waals surface area contributed by atoms with Crippen molar-refractivity contribution in [1.82, 2.24) is 4.90 Å². The highest BCUT2D eigenvalue weighted by atomic mass is 32.2. The fourth-order valence-electron chi connectivity index (χ4n) is 2.91. The van der Waals surface area contributed by atoms with Crippen molar-refractivity contribution < 1.29 is 9.59 Å². The third kappa shape index (κ3) is 2.95. The first-order valence-corrected chi connectivity index (χ1v) is 8.91. The van der Waals surface area contributed by atoms with E-state index in [1.54, 1.807) is 4.90 Å². The quantitative estimate of drug-likeness (QED) is 0.748. The molecule has 5 heteroatoms. The third-order valence-electron chi connectivity index (χ3n) is 3.98. The van der Waals surface area contributed by atoms with Gasteiger partial charge in [0, 0.05) is 12.5 Å². The molecule has 0 saturated carbocycles. The van der Waals surface area contributed by atoms with Crippen LogP contribution in [0.5, 0.6) is 0 Å². The summed E-state index contributed by atoms with van der Waals surface area (Å²) in [6, 6.07) is 1.77. The zero-order chi connectivity index (χ0) is 14.7. The van der Waals surface area contributed by atoms with Gasteiger partial charge in [0.25, 0.3) is 0 Å². The molecule has 2 fully saturated rings. The highest BCUT2D eigenvalue weighted by Crippen LogP contribution is 2.29. The van der Waals surface area contributed by atoms with Crippen LogP contribution < -0.4 is 0 Å². The molecule has 0 aromatic heterocycles. The number of nitriles is 1. The van der Waals surface area contributed by atoms with Crippen LogP contribution in [-0.2, 0) is 9.59 Å². The van der Waals surface area contributed by atoms with Crippen LogP contribution in [0.1, 0.15) is 39.5 Å². The summed E-state index contributed by atoms with van der Waals surface area (Å²) in [6.07, 6.45) is 3.79. The van der Waals surface area contributed by atoms with Crippen molar-refractivity contribution >= 4 is 27.0 Å². The monoisotopic (exact) mass is 294 g/mol. The molecule has 2 aliphatic heterocycles. The van der Waals surface area contributed by atoms with Crippen molar-refractivity contribution in [1.29, 1.82) is 5.26 Å². The highest BCUT2D eigenvalue weighted by molar-refractivity contribution is 8.17. The molecule has 2 rings (SSSR count). The molecule has 4 nitrogen and oxygen atoms in total. The van der Waals surface area contributed by atoms with Gasteiger partial charge in [-0.2, -0.15) is 15.7 Å². The van der Waals surface area contributed by atoms with E-state index in [9.17, 15) is 14.9 Å².